The number of nitrogens with zero attached hydrogens (tertiary/aromatic N) is 1. The van der Waals surface area contributed by atoms with Crippen LogP contribution in [0.5, 0.6) is 5.75 Å². The number of hydrogen-bond donors (Lipinski definition) is 0. The molecule has 0 aromatic heterocycles. The maximum Gasteiger partial charge on any atom is 0.137 e. The summed E-state index contributed by atoms with van der Waals surface area (Å²) in [5.41, 5.74) is 2.82. The standard InChI is InChI=1S/C17H18BNO/c1-11-12-9-10-17(2,18)20-16(12)14-8-6-5-7-13(14)15(11)19(3)4/h5-10H,1-4H3. The van der Waals surface area contributed by atoms with Gasteiger partial charge in [-0.1, -0.05) is 36.4 Å². The first kappa shape index (κ1) is 13.1. The summed E-state index contributed by atoms with van der Waals surface area (Å²) in [6.45, 7) is 4.00. The first-order chi connectivity index (χ1) is 9.41. The van der Waals surface area contributed by atoms with Gasteiger partial charge >= 0.3 is 0 Å². The van der Waals surface area contributed by atoms with Crippen LogP contribution in [0.4, 0.5) is 5.69 Å². The first-order valence-electron chi connectivity index (χ1n) is 6.80. The van der Waals surface area contributed by atoms with Crippen LogP contribution in [0.3, 0.4) is 0 Å². The average Bonchev–Trinajstić information content (AvgIpc) is 2.37. The van der Waals surface area contributed by atoms with E-state index in [1.54, 1.807) is 0 Å². The predicted octanol–water partition coefficient (Wildman–Crippen LogP) is 3.50. The van der Waals surface area contributed by atoms with Gasteiger partial charge in [-0.25, -0.2) is 0 Å². The average molecular weight is 263 g/mol. The summed E-state index contributed by atoms with van der Waals surface area (Å²) in [5, 5.41) is 2.30. The van der Waals surface area contributed by atoms with Crippen molar-refractivity contribution in [2.45, 2.75) is 19.3 Å². The largest absolute Gasteiger partial charge is 0.492 e. The SMILES string of the molecule is [B]C1(C)C=Cc2c(C)c(N(C)C)c3ccccc3c2O1. The molecule has 20 heavy (non-hydrogen) atoms. The Morgan fingerprint density at radius 3 is 2.45 bits per heavy atom. The highest BCUT2D eigenvalue weighted by molar-refractivity contribution is 6.17. The molecule has 1 unspecified atom stereocenters. The van der Waals surface area contributed by atoms with Gasteiger partial charge in [-0.3, -0.25) is 0 Å². The van der Waals surface area contributed by atoms with Crippen molar-refractivity contribution in [1.29, 1.82) is 0 Å². The van der Waals surface area contributed by atoms with Crippen LogP contribution in [0, 0.1) is 6.92 Å². The quantitative estimate of drug-likeness (QED) is 0.730. The lowest BCUT2D eigenvalue weighted by Gasteiger charge is -2.32. The monoisotopic (exact) mass is 263 g/mol. The molecule has 0 fully saturated rings. The number of benzene rings is 2. The van der Waals surface area contributed by atoms with E-state index in [1.165, 1.54) is 16.6 Å². The van der Waals surface area contributed by atoms with Crippen LogP contribution in [0.1, 0.15) is 18.1 Å². The summed E-state index contributed by atoms with van der Waals surface area (Å²) in [7, 11) is 10.3. The van der Waals surface area contributed by atoms with Crippen LogP contribution in [-0.4, -0.2) is 27.4 Å². The zero-order valence-corrected chi connectivity index (χ0v) is 12.4. The zero-order chi connectivity index (χ0) is 14.5. The van der Waals surface area contributed by atoms with Crippen molar-refractivity contribution in [2.75, 3.05) is 19.0 Å². The summed E-state index contributed by atoms with van der Waals surface area (Å²) in [4.78, 5) is 2.15. The lowest BCUT2D eigenvalue weighted by atomic mass is 9.80. The molecule has 1 atom stereocenters. The number of rotatable bonds is 1. The van der Waals surface area contributed by atoms with Crippen molar-refractivity contribution in [1.82, 2.24) is 0 Å². The first-order valence-corrected chi connectivity index (χ1v) is 6.80. The highest BCUT2D eigenvalue weighted by atomic mass is 16.5. The Morgan fingerprint density at radius 2 is 1.80 bits per heavy atom. The Morgan fingerprint density at radius 1 is 1.15 bits per heavy atom. The van der Waals surface area contributed by atoms with E-state index in [0.717, 1.165) is 16.7 Å². The smallest absolute Gasteiger partial charge is 0.137 e. The fourth-order valence-corrected chi connectivity index (χ4v) is 2.92. The van der Waals surface area contributed by atoms with Crippen molar-refractivity contribution in [2.24, 2.45) is 0 Å². The minimum Gasteiger partial charge on any atom is -0.492 e. The molecule has 0 amide bonds. The Bertz CT molecular complexity index is 716. The molecule has 0 aliphatic carbocycles. The maximum atomic E-state index is 6.11. The Balaban J connectivity index is 2.43. The molecule has 0 saturated heterocycles. The normalized spacial score (nSPS) is 20.6. The minimum atomic E-state index is -0.748. The van der Waals surface area contributed by atoms with E-state index >= 15 is 0 Å². The number of ether oxygens (including phenoxy) is 1. The van der Waals surface area contributed by atoms with Gasteiger partial charge in [0.2, 0.25) is 0 Å². The van der Waals surface area contributed by atoms with Gasteiger partial charge in [-0.2, -0.15) is 0 Å². The molecule has 2 nitrogen and oxygen atoms in total. The van der Waals surface area contributed by atoms with Crippen LogP contribution < -0.4 is 9.64 Å². The molecule has 3 heteroatoms. The molecule has 1 heterocycles. The van der Waals surface area contributed by atoms with E-state index in [9.17, 15) is 0 Å². The fraction of sp³-hybridized carbons (Fsp3) is 0.294. The minimum absolute atomic E-state index is 0.748. The summed E-state index contributed by atoms with van der Waals surface area (Å²) in [6.07, 6.45) is 3.99. The molecular weight excluding hydrogens is 245 g/mol. The zero-order valence-electron chi connectivity index (χ0n) is 12.4. The van der Waals surface area contributed by atoms with Gasteiger partial charge in [-0.15, -0.1) is 0 Å². The van der Waals surface area contributed by atoms with E-state index in [0.29, 0.717) is 0 Å². The third-order valence-electron chi connectivity index (χ3n) is 3.78. The Hall–Kier alpha value is -1.90. The molecule has 1 aliphatic rings. The second-order valence-electron chi connectivity index (χ2n) is 5.78. The highest BCUT2D eigenvalue weighted by Crippen LogP contribution is 2.43. The van der Waals surface area contributed by atoms with Crippen molar-refractivity contribution in [3.63, 3.8) is 0 Å². The molecule has 0 spiro atoms. The number of hydrogen-bond acceptors (Lipinski definition) is 2. The molecule has 0 saturated carbocycles. The maximum absolute atomic E-state index is 6.11. The highest BCUT2D eigenvalue weighted by Gasteiger charge is 2.26. The summed E-state index contributed by atoms with van der Waals surface area (Å²) in [5.74, 6) is 0.885. The summed E-state index contributed by atoms with van der Waals surface area (Å²) >= 11 is 0. The van der Waals surface area contributed by atoms with Gasteiger partial charge in [0, 0.05) is 36.1 Å². The van der Waals surface area contributed by atoms with E-state index in [1.807, 2.05) is 19.1 Å². The second kappa shape index (κ2) is 4.30. The molecule has 0 N–H and O–H groups in total. The van der Waals surface area contributed by atoms with Gasteiger partial charge in [-0.05, 0) is 19.4 Å². The molecule has 0 bridgehead atoms. The molecule has 2 aromatic carbocycles. The molecule has 2 aromatic rings. The van der Waals surface area contributed by atoms with Crippen molar-refractivity contribution in [3.8, 4) is 5.75 Å². The van der Waals surface area contributed by atoms with Gasteiger partial charge in [0.05, 0.1) is 5.50 Å². The third-order valence-corrected chi connectivity index (χ3v) is 3.78. The van der Waals surface area contributed by atoms with Gasteiger partial charge in [0.25, 0.3) is 0 Å². The van der Waals surface area contributed by atoms with Gasteiger partial charge < -0.3 is 9.64 Å². The molecule has 2 radical (unpaired) electrons. The molecule has 100 valence electrons. The summed E-state index contributed by atoms with van der Waals surface area (Å²) in [6, 6.07) is 8.32. The second-order valence-corrected chi connectivity index (χ2v) is 5.78. The van der Waals surface area contributed by atoms with Crippen LogP contribution in [0.2, 0.25) is 0 Å². The van der Waals surface area contributed by atoms with E-state index in [-0.39, 0.29) is 0 Å². The molecule has 3 rings (SSSR count). The van der Waals surface area contributed by atoms with Gasteiger partial charge in [0.1, 0.15) is 13.6 Å². The van der Waals surface area contributed by atoms with Crippen LogP contribution in [0.25, 0.3) is 16.8 Å². The van der Waals surface area contributed by atoms with Crippen molar-refractivity contribution in [3.05, 3.63) is 41.5 Å². The lowest BCUT2D eigenvalue weighted by Crippen LogP contribution is -2.32. The number of anilines is 1. The number of fused-ring (bicyclic) bond motifs is 3. The van der Waals surface area contributed by atoms with E-state index < -0.39 is 5.50 Å². The van der Waals surface area contributed by atoms with Crippen LogP contribution in [0.15, 0.2) is 30.3 Å². The van der Waals surface area contributed by atoms with Crippen molar-refractivity contribution < 1.29 is 4.74 Å². The van der Waals surface area contributed by atoms with Crippen molar-refractivity contribution >= 4 is 30.4 Å². The van der Waals surface area contributed by atoms with Gasteiger partial charge in [0.15, 0.2) is 0 Å². The Kier molecular flexibility index (Phi) is 2.82. The topological polar surface area (TPSA) is 12.5 Å². The summed E-state index contributed by atoms with van der Waals surface area (Å²) < 4.78 is 6.02. The third kappa shape index (κ3) is 1.89. The molecule has 1 aliphatic heterocycles. The fourth-order valence-electron chi connectivity index (χ4n) is 2.92. The molecular formula is C17H18BNO. The van der Waals surface area contributed by atoms with Crippen LogP contribution in [-0.2, 0) is 0 Å². The van der Waals surface area contributed by atoms with Crippen LogP contribution >= 0.6 is 0 Å². The predicted molar refractivity (Wildman–Crippen MR) is 86.8 cm³/mol. The van der Waals surface area contributed by atoms with E-state index in [2.05, 4.69) is 50.2 Å². The lowest BCUT2D eigenvalue weighted by molar-refractivity contribution is 0.227. The van der Waals surface area contributed by atoms with E-state index in [4.69, 9.17) is 12.6 Å². The Labute approximate surface area is 121 Å².